The number of nitrogens with two attached hydrogens (primary N) is 1. The van der Waals surface area contributed by atoms with Crippen LogP contribution in [0.1, 0.15) is 15.9 Å². The Morgan fingerprint density at radius 1 is 1.58 bits per heavy atom. The minimum Gasteiger partial charge on any atom is -0.366 e. The van der Waals surface area contributed by atoms with E-state index in [1.165, 1.54) is 0 Å². The van der Waals surface area contributed by atoms with Crippen molar-refractivity contribution in [2.24, 2.45) is 5.73 Å². The van der Waals surface area contributed by atoms with Gasteiger partial charge in [0.05, 0.1) is 0 Å². The van der Waals surface area contributed by atoms with Crippen molar-refractivity contribution in [2.75, 3.05) is 0 Å². The Kier molecular flexibility index (Phi) is 3.11. The Hall–Kier alpha value is -0.100. The lowest BCUT2D eigenvalue weighted by Crippen LogP contribution is -2.13. The molecule has 0 saturated heterocycles. The lowest BCUT2D eigenvalue weighted by atomic mass is 10.1. The Morgan fingerprint density at radius 3 is 2.67 bits per heavy atom. The molecule has 0 fully saturated rings. The molecule has 2 N–H and O–H groups in total. The molecule has 0 unspecified atom stereocenters. The van der Waals surface area contributed by atoms with Crippen LogP contribution in [-0.4, -0.2) is 5.91 Å². The van der Waals surface area contributed by atoms with Crippen LogP contribution in [0.25, 0.3) is 0 Å². The molecule has 0 atom stereocenters. The lowest BCUT2D eigenvalue weighted by Gasteiger charge is -2.04. The molecule has 64 valence electrons. The molecule has 0 aliphatic heterocycles. The molecule has 0 aromatic heterocycles. The fraction of sp³-hybridized carbons (Fsp3) is 0.125. The summed E-state index contributed by atoms with van der Waals surface area (Å²) in [7, 11) is 0. The molecule has 2 nitrogen and oxygen atoms in total. The zero-order valence-corrected chi connectivity index (χ0v) is 10.1. The molecule has 0 radical (unpaired) electrons. The van der Waals surface area contributed by atoms with Gasteiger partial charge < -0.3 is 5.73 Å². The van der Waals surface area contributed by atoms with Gasteiger partial charge in [0, 0.05) is 13.6 Å². The Bertz CT molecular complexity index is 338. The molecule has 12 heavy (non-hydrogen) atoms. The quantitative estimate of drug-likeness (QED) is 0.785. The van der Waals surface area contributed by atoms with Crippen molar-refractivity contribution in [1.29, 1.82) is 0 Å². The molecule has 0 bridgehead atoms. The van der Waals surface area contributed by atoms with Crippen molar-refractivity contribution in [2.45, 2.75) is 6.92 Å². The number of hydrogen-bond donors (Lipinski definition) is 1. The predicted molar refractivity (Wildman–Crippen MR) is 60.1 cm³/mol. The predicted octanol–water partition coefficient (Wildman–Crippen LogP) is 2.46. The summed E-state index contributed by atoms with van der Waals surface area (Å²) in [5, 5.41) is 0. The van der Waals surface area contributed by atoms with E-state index in [1.54, 1.807) is 6.07 Å². The summed E-state index contributed by atoms with van der Waals surface area (Å²) in [5.41, 5.74) is 6.70. The van der Waals surface area contributed by atoms with Crippen LogP contribution in [0.4, 0.5) is 0 Å². The maximum Gasteiger partial charge on any atom is 0.249 e. The van der Waals surface area contributed by atoms with Gasteiger partial charge in [-0.15, -0.1) is 0 Å². The third kappa shape index (κ3) is 1.98. The molecular weight excluding hydrogens is 333 g/mol. The van der Waals surface area contributed by atoms with Crippen molar-refractivity contribution < 1.29 is 4.79 Å². The number of benzene rings is 1. The van der Waals surface area contributed by atoms with Gasteiger partial charge in [-0.1, -0.05) is 15.9 Å². The first kappa shape index (κ1) is 9.98. The van der Waals surface area contributed by atoms with Crippen LogP contribution in [-0.2, 0) is 0 Å². The van der Waals surface area contributed by atoms with E-state index in [9.17, 15) is 4.79 Å². The van der Waals surface area contributed by atoms with Gasteiger partial charge in [0.15, 0.2) is 0 Å². The summed E-state index contributed by atoms with van der Waals surface area (Å²) in [5.74, 6) is -0.383. The largest absolute Gasteiger partial charge is 0.366 e. The summed E-state index contributed by atoms with van der Waals surface area (Å²) >= 11 is 5.47. The highest BCUT2D eigenvalue weighted by atomic mass is 127. The molecule has 4 heteroatoms. The van der Waals surface area contributed by atoms with Crippen molar-refractivity contribution in [3.8, 4) is 0 Å². The highest BCUT2D eigenvalue weighted by Crippen LogP contribution is 2.21. The minimum absolute atomic E-state index is 0.383. The van der Waals surface area contributed by atoms with E-state index in [4.69, 9.17) is 5.73 Å². The van der Waals surface area contributed by atoms with E-state index in [1.807, 2.05) is 13.0 Å². The summed E-state index contributed by atoms with van der Waals surface area (Å²) < 4.78 is 1.92. The van der Waals surface area contributed by atoms with Crippen LogP contribution in [0.5, 0.6) is 0 Å². The van der Waals surface area contributed by atoms with Gasteiger partial charge in [-0.3, -0.25) is 4.79 Å². The Balaban J connectivity index is 3.37. The van der Waals surface area contributed by atoms with Gasteiger partial charge in [-0.2, -0.15) is 0 Å². The van der Waals surface area contributed by atoms with Crippen molar-refractivity contribution in [1.82, 2.24) is 0 Å². The van der Waals surface area contributed by atoms with Crippen LogP contribution in [0.2, 0.25) is 0 Å². The van der Waals surface area contributed by atoms with Crippen molar-refractivity contribution in [3.05, 3.63) is 31.3 Å². The van der Waals surface area contributed by atoms with Gasteiger partial charge >= 0.3 is 0 Å². The smallest absolute Gasteiger partial charge is 0.249 e. The fourth-order valence-corrected chi connectivity index (χ4v) is 2.41. The number of halogens is 2. The molecule has 1 rings (SSSR count). The first-order valence-electron chi connectivity index (χ1n) is 3.28. The maximum absolute atomic E-state index is 10.9. The van der Waals surface area contributed by atoms with E-state index in [0.717, 1.165) is 13.6 Å². The summed E-state index contributed by atoms with van der Waals surface area (Å²) in [6.07, 6.45) is 0. The number of hydrogen-bond acceptors (Lipinski definition) is 1. The molecule has 1 aromatic rings. The number of carbonyl (C=O) groups excluding carboxylic acids is 1. The highest BCUT2D eigenvalue weighted by molar-refractivity contribution is 14.1. The van der Waals surface area contributed by atoms with Crippen molar-refractivity contribution >= 4 is 44.4 Å². The molecule has 0 aliphatic rings. The third-order valence-electron chi connectivity index (χ3n) is 1.57. The third-order valence-corrected chi connectivity index (χ3v) is 3.15. The number of primary amides is 1. The first-order chi connectivity index (χ1) is 5.52. The average molecular weight is 340 g/mol. The summed E-state index contributed by atoms with van der Waals surface area (Å²) in [6, 6.07) is 3.68. The fourth-order valence-electron chi connectivity index (χ4n) is 0.902. The summed E-state index contributed by atoms with van der Waals surface area (Å²) in [4.78, 5) is 10.9. The average Bonchev–Trinajstić information content (AvgIpc) is 1.96. The Labute approximate surface area is 92.8 Å². The standard InChI is InChI=1S/C8H7BrINO/c1-4-6(8(11)12)2-5(9)3-7(4)10/h2-3H,1H3,(H2,11,12). The normalized spacial score (nSPS) is 9.92. The molecule has 0 spiro atoms. The highest BCUT2D eigenvalue weighted by Gasteiger charge is 2.08. The van der Waals surface area contributed by atoms with E-state index in [0.29, 0.717) is 5.56 Å². The molecule has 0 heterocycles. The lowest BCUT2D eigenvalue weighted by molar-refractivity contribution is 0.0999. The van der Waals surface area contributed by atoms with Gasteiger partial charge in [0.1, 0.15) is 0 Å². The van der Waals surface area contributed by atoms with Gasteiger partial charge in [-0.05, 0) is 47.2 Å². The van der Waals surface area contributed by atoms with E-state index in [2.05, 4.69) is 38.5 Å². The van der Waals surface area contributed by atoms with E-state index in [-0.39, 0.29) is 5.91 Å². The topological polar surface area (TPSA) is 43.1 Å². The molecule has 1 amide bonds. The number of amides is 1. The van der Waals surface area contributed by atoms with Crippen LogP contribution in [0.15, 0.2) is 16.6 Å². The van der Waals surface area contributed by atoms with Gasteiger partial charge in [0.2, 0.25) is 5.91 Å². The van der Waals surface area contributed by atoms with E-state index < -0.39 is 0 Å². The minimum atomic E-state index is -0.383. The summed E-state index contributed by atoms with van der Waals surface area (Å²) in [6.45, 7) is 1.88. The second kappa shape index (κ2) is 3.74. The maximum atomic E-state index is 10.9. The zero-order valence-electron chi connectivity index (χ0n) is 6.40. The molecule has 0 saturated carbocycles. The molecule has 1 aromatic carbocycles. The second-order valence-corrected chi connectivity index (χ2v) is 4.50. The van der Waals surface area contributed by atoms with Crippen LogP contribution in [0, 0.1) is 10.5 Å². The van der Waals surface area contributed by atoms with Crippen LogP contribution >= 0.6 is 38.5 Å². The molecule has 0 aliphatic carbocycles. The zero-order chi connectivity index (χ0) is 9.30. The SMILES string of the molecule is Cc1c(I)cc(Br)cc1C(N)=O. The van der Waals surface area contributed by atoms with Crippen LogP contribution < -0.4 is 5.73 Å². The van der Waals surface area contributed by atoms with Gasteiger partial charge in [0.25, 0.3) is 0 Å². The number of rotatable bonds is 1. The number of carbonyl (C=O) groups is 1. The second-order valence-electron chi connectivity index (χ2n) is 2.42. The Morgan fingerprint density at radius 2 is 2.17 bits per heavy atom. The van der Waals surface area contributed by atoms with Crippen molar-refractivity contribution in [3.63, 3.8) is 0 Å². The van der Waals surface area contributed by atoms with E-state index >= 15 is 0 Å². The monoisotopic (exact) mass is 339 g/mol. The van der Waals surface area contributed by atoms with Gasteiger partial charge in [-0.25, -0.2) is 0 Å². The van der Waals surface area contributed by atoms with Crippen LogP contribution in [0.3, 0.4) is 0 Å². The first-order valence-corrected chi connectivity index (χ1v) is 5.15. The molecular formula is C8H7BrINO.